The van der Waals surface area contributed by atoms with Crippen LogP contribution in [0.2, 0.25) is 0 Å². The van der Waals surface area contributed by atoms with Gasteiger partial charge in [0.15, 0.2) is 10.8 Å². The molecular weight excluding hydrogens is 336 g/mol. The van der Waals surface area contributed by atoms with Crippen molar-refractivity contribution in [3.05, 3.63) is 46.8 Å². The Morgan fingerprint density at radius 3 is 2.72 bits per heavy atom. The standard InChI is InChI=1S/C18H22N4O2S/c1-4-24-17(23)16-14-11-21(18(25)19-3)10-9-15(14)22(20-16)13-7-5-12(2)6-8-13/h5-8H,4,9-11H2,1-3H3,(H,19,25). The van der Waals surface area contributed by atoms with Crippen LogP contribution in [0.25, 0.3) is 5.69 Å². The van der Waals surface area contributed by atoms with E-state index in [1.165, 1.54) is 5.56 Å². The van der Waals surface area contributed by atoms with Crippen molar-refractivity contribution in [1.82, 2.24) is 20.0 Å². The molecule has 1 aromatic carbocycles. The zero-order chi connectivity index (χ0) is 18.0. The van der Waals surface area contributed by atoms with E-state index >= 15 is 0 Å². The van der Waals surface area contributed by atoms with Crippen molar-refractivity contribution in [2.75, 3.05) is 20.2 Å². The molecule has 1 aliphatic rings. The summed E-state index contributed by atoms with van der Waals surface area (Å²) in [6.07, 6.45) is 0.761. The first-order valence-electron chi connectivity index (χ1n) is 8.36. The summed E-state index contributed by atoms with van der Waals surface area (Å²) in [5, 5.41) is 8.25. The highest BCUT2D eigenvalue weighted by atomic mass is 32.1. The molecule has 0 spiro atoms. The van der Waals surface area contributed by atoms with Crippen LogP contribution in [0.5, 0.6) is 0 Å². The molecule has 0 atom stereocenters. The van der Waals surface area contributed by atoms with Crippen molar-refractivity contribution in [2.24, 2.45) is 0 Å². The SMILES string of the molecule is CCOC(=O)c1nn(-c2ccc(C)cc2)c2c1CN(C(=S)NC)CC2. The van der Waals surface area contributed by atoms with Crippen molar-refractivity contribution in [3.63, 3.8) is 0 Å². The fourth-order valence-corrected chi connectivity index (χ4v) is 3.17. The number of thiocarbonyl (C=S) groups is 1. The second-order valence-corrected chi connectivity index (χ2v) is 6.36. The number of fused-ring (bicyclic) bond motifs is 1. The minimum Gasteiger partial charge on any atom is -0.461 e. The van der Waals surface area contributed by atoms with Gasteiger partial charge >= 0.3 is 5.97 Å². The summed E-state index contributed by atoms with van der Waals surface area (Å²) < 4.78 is 7.06. The van der Waals surface area contributed by atoms with Crippen molar-refractivity contribution in [1.29, 1.82) is 0 Å². The lowest BCUT2D eigenvalue weighted by Crippen LogP contribution is -2.41. The molecule has 1 N–H and O–H groups in total. The molecule has 0 aliphatic carbocycles. The summed E-state index contributed by atoms with van der Waals surface area (Å²) in [7, 11) is 1.81. The van der Waals surface area contributed by atoms with Gasteiger partial charge in [-0.1, -0.05) is 17.7 Å². The first kappa shape index (κ1) is 17.4. The molecule has 25 heavy (non-hydrogen) atoms. The van der Waals surface area contributed by atoms with E-state index in [9.17, 15) is 4.79 Å². The minimum absolute atomic E-state index is 0.323. The first-order chi connectivity index (χ1) is 12.0. The third-order valence-corrected chi connectivity index (χ3v) is 4.77. The molecule has 0 unspecified atom stereocenters. The third kappa shape index (κ3) is 3.37. The van der Waals surface area contributed by atoms with Gasteiger partial charge in [0.25, 0.3) is 0 Å². The number of carbonyl (C=O) groups excluding carboxylic acids is 1. The van der Waals surface area contributed by atoms with E-state index in [-0.39, 0.29) is 5.97 Å². The van der Waals surface area contributed by atoms with Gasteiger partial charge in [0.05, 0.1) is 18.0 Å². The quantitative estimate of drug-likeness (QED) is 0.671. The molecule has 132 valence electrons. The predicted octanol–water partition coefficient (Wildman–Crippen LogP) is 2.22. The highest BCUT2D eigenvalue weighted by Crippen LogP contribution is 2.26. The largest absolute Gasteiger partial charge is 0.461 e. The number of hydrogen-bond donors (Lipinski definition) is 1. The van der Waals surface area contributed by atoms with E-state index < -0.39 is 0 Å². The number of carbonyl (C=O) groups is 1. The van der Waals surface area contributed by atoms with Crippen LogP contribution in [0.15, 0.2) is 24.3 Å². The van der Waals surface area contributed by atoms with Crippen molar-refractivity contribution < 1.29 is 9.53 Å². The van der Waals surface area contributed by atoms with Crippen LogP contribution in [-0.2, 0) is 17.7 Å². The van der Waals surface area contributed by atoms with Gasteiger partial charge in [0.2, 0.25) is 0 Å². The Hall–Kier alpha value is -2.41. The van der Waals surface area contributed by atoms with Gasteiger partial charge in [-0.25, -0.2) is 9.48 Å². The predicted molar refractivity (Wildman–Crippen MR) is 100 cm³/mol. The Labute approximate surface area is 152 Å². The maximum Gasteiger partial charge on any atom is 0.359 e. The Morgan fingerprint density at radius 2 is 2.08 bits per heavy atom. The molecule has 6 nitrogen and oxygen atoms in total. The highest BCUT2D eigenvalue weighted by molar-refractivity contribution is 7.80. The van der Waals surface area contributed by atoms with Gasteiger partial charge in [0.1, 0.15) is 0 Å². The van der Waals surface area contributed by atoms with Gasteiger partial charge < -0.3 is 15.0 Å². The van der Waals surface area contributed by atoms with E-state index in [2.05, 4.69) is 10.4 Å². The smallest absolute Gasteiger partial charge is 0.359 e. The molecule has 0 amide bonds. The lowest BCUT2D eigenvalue weighted by Gasteiger charge is -2.29. The number of aryl methyl sites for hydroxylation is 1. The zero-order valence-electron chi connectivity index (χ0n) is 14.7. The number of aromatic nitrogens is 2. The molecule has 0 fully saturated rings. The lowest BCUT2D eigenvalue weighted by atomic mass is 10.1. The van der Waals surface area contributed by atoms with Crippen molar-refractivity contribution in [3.8, 4) is 5.69 Å². The highest BCUT2D eigenvalue weighted by Gasteiger charge is 2.30. The van der Waals surface area contributed by atoms with E-state index in [4.69, 9.17) is 17.0 Å². The molecule has 0 bridgehead atoms. The summed E-state index contributed by atoms with van der Waals surface area (Å²) in [4.78, 5) is 14.4. The summed E-state index contributed by atoms with van der Waals surface area (Å²) in [5.41, 5.74) is 4.44. The van der Waals surface area contributed by atoms with Gasteiger partial charge in [-0.3, -0.25) is 0 Å². The maximum absolute atomic E-state index is 12.4. The molecule has 0 saturated heterocycles. The lowest BCUT2D eigenvalue weighted by molar-refractivity contribution is 0.0517. The Kier molecular flexibility index (Phi) is 5.03. The number of ether oxygens (including phenoxy) is 1. The summed E-state index contributed by atoms with van der Waals surface area (Å²) >= 11 is 5.35. The normalized spacial score (nSPS) is 13.3. The fraction of sp³-hybridized carbons (Fsp3) is 0.389. The Morgan fingerprint density at radius 1 is 1.36 bits per heavy atom. The molecule has 2 heterocycles. The van der Waals surface area contributed by atoms with E-state index in [1.54, 1.807) is 14.0 Å². The van der Waals surface area contributed by atoms with Crippen LogP contribution in [0.3, 0.4) is 0 Å². The van der Waals surface area contributed by atoms with Crippen LogP contribution in [0.4, 0.5) is 0 Å². The zero-order valence-corrected chi connectivity index (χ0v) is 15.5. The first-order valence-corrected chi connectivity index (χ1v) is 8.77. The molecule has 2 aromatic rings. The molecule has 0 radical (unpaired) electrons. The van der Waals surface area contributed by atoms with Crippen molar-refractivity contribution in [2.45, 2.75) is 26.8 Å². The molecule has 0 saturated carbocycles. The van der Waals surface area contributed by atoms with Crippen LogP contribution < -0.4 is 5.32 Å². The van der Waals surface area contributed by atoms with Gasteiger partial charge in [-0.15, -0.1) is 0 Å². The Bertz CT molecular complexity index is 798. The van der Waals surface area contributed by atoms with Crippen LogP contribution in [-0.4, -0.2) is 46.0 Å². The molecule has 7 heteroatoms. The molecule has 1 aliphatic heterocycles. The van der Waals surface area contributed by atoms with Crippen molar-refractivity contribution >= 4 is 23.3 Å². The number of nitrogens with zero attached hydrogens (tertiary/aromatic N) is 3. The second-order valence-electron chi connectivity index (χ2n) is 5.97. The molecule has 1 aromatic heterocycles. The number of esters is 1. The van der Waals surface area contributed by atoms with E-state index in [1.807, 2.05) is 40.8 Å². The Balaban J connectivity index is 2.05. The number of rotatable bonds is 3. The number of benzene rings is 1. The minimum atomic E-state index is -0.387. The topological polar surface area (TPSA) is 59.4 Å². The van der Waals surface area contributed by atoms with E-state index in [0.717, 1.165) is 29.9 Å². The summed E-state index contributed by atoms with van der Waals surface area (Å²) in [6.45, 7) is 5.50. The maximum atomic E-state index is 12.4. The number of hydrogen-bond acceptors (Lipinski definition) is 4. The van der Waals surface area contributed by atoms with E-state index in [0.29, 0.717) is 24.0 Å². The van der Waals surface area contributed by atoms with Gasteiger partial charge in [-0.05, 0) is 38.2 Å². The molecular formula is C18H22N4O2S. The van der Waals surface area contributed by atoms with Crippen LogP contribution >= 0.6 is 12.2 Å². The summed E-state index contributed by atoms with van der Waals surface area (Å²) in [5.74, 6) is -0.387. The van der Waals surface area contributed by atoms with Gasteiger partial charge in [0, 0.05) is 32.1 Å². The fourth-order valence-electron chi connectivity index (χ4n) is 3.01. The second kappa shape index (κ2) is 7.23. The van der Waals surface area contributed by atoms with Crippen LogP contribution in [0, 0.1) is 6.92 Å². The third-order valence-electron chi connectivity index (χ3n) is 4.31. The average Bonchev–Trinajstić information content (AvgIpc) is 3.01. The summed E-state index contributed by atoms with van der Waals surface area (Å²) in [6, 6.07) is 8.11. The monoisotopic (exact) mass is 358 g/mol. The molecule has 3 rings (SSSR count). The van der Waals surface area contributed by atoms with Crippen LogP contribution in [0.1, 0.15) is 34.2 Å². The number of nitrogens with one attached hydrogen (secondary N) is 1. The van der Waals surface area contributed by atoms with Gasteiger partial charge in [-0.2, -0.15) is 5.10 Å². The average molecular weight is 358 g/mol.